The van der Waals surface area contributed by atoms with Gasteiger partial charge in [0.25, 0.3) is 11.6 Å². The zero-order valence-corrected chi connectivity index (χ0v) is 19.4. The average Bonchev–Trinajstić information content (AvgIpc) is 3.42. The quantitative estimate of drug-likeness (QED) is 0.177. The number of nitro benzene ring substituents is 1. The molecule has 1 aromatic heterocycles. The third-order valence-corrected chi connectivity index (χ3v) is 4.76. The molecule has 0 aliphatic heterocycles. The minimum atomic E-state index is -0.784. The van der Waals surface area contributed by atoms with E-state index < -0.39 is 16.9 Å². The van der Waals surface area contributed by atoms with E-state index in [-0.39, 0.29) is 12.3 Å². The number of likely N-dealkylation sites (N-methyl/N-ethyl adjacent to an activating group) is 1. The number of hydrazine groups is 1. The van der Waals surface area contributed by atoms with E-state index in [1.54, 1.807) is 24.3 Å². The third-order valence-electron chi connectivity index (χ3n) is 4.76. The number of non-ortho nitro benzene ring substituents is 1. The van der Waals surface area contributed by atoms with Gasteiger partial charge in [0.05, 0.1) is 29.1 Å². The van der Waals surface area contributed by atoms with Crippen molar-refractivity contribution < 1.29 is 23.7 Å². The monoisotopic (exact) mass is 492 g/mol. The van der Waals surface area contributed by atoms with E-state index in [1.807, 2.05) is 24.0 Å². The van der Waals surface area contributed by atoms with Crippen molar-refractivity contribution in [1.82, 2.24) is 10.9 Å². The Morgan fingerprint density at radius 3 is 2.31 bits per heavy atom. The van der Waals surface area contributed by atoms with Crippen molar-refractivity contribution in [1.29, 1.82) is 0 Å². The Labute approximate surface area is 206 Å². The largest absolute Gasteiger partial charge is 0.465 e. The molecule has 2 amide bonds. The lowest BCUT2D eigenvalue weighted by atomic mass is 10.2. The number of ether oxygens (including phenoxy) is 1. The highest BCUT2D eigenvalue weighted by atomic mass is 16.6. The van der Waals surface area contributed by atoms with E-state index in [0.717, 1.165) is 5.69 Å². The van der Waals surface area contributed by atoms with Gasteiger partial charge in [-0.1, -0.05) is 0 Å². The van der Waals surface area contributed by atoms with Gasteiger partial charge in [0.15, 0.2) is 0 Å². The summed E-state index contributed by atoms with van der Waals surface area (Å²) >= 11 is 0. The molecule has 186 valence electrons. The first-order valence-corrected chi connectivity index (χ1v) is 10.9. The highest BCUT2D eigenvalue weighted by Gasteiger charge is 2.08. The van der Waals surface area contributed by atoms with E-state index in [4.69, 9.17) is 9.15 Å². The highest BCUT2D eigenvalue weighted by Crippen LogP contribution is 2.23. The molecule has 12 nitrogen and oxygen atoms in total. The van der Waals surface area contributed by atoms with Crippen molar-refractivity contribution in [3.05, 3.63) is 88.9 Å². The van der Waals surface area contributed by atoms with Crippen molar-refractivity contribution in [2.75, 3.05) is 24.6 Å². The van der Waals surface area contributed by atoms with Crippen LogP contribution in [0.15, 0.2) is 87.6 Å². The van der Waals surface area contributed by atoms with Crippen LogP contribution in [-0.4, -0.2) is 36.6 Å². The van der Waals surface area contributed by atoms with E-state index >= 15 is 0 Å². The number of amides is 2. The summed E-state index contributed by atoms with van der Waals surface area (Å²) in [4.78, 5) is 35.7. The summed E-state index contributed by atoms with van der Waals surface area (Å²) in [5.41, 5.74) is 6.38. The topological polar surface area (TPSA) is 152 Å². The van der Waals surface area contributed by atoms with E-state index in [2.05, 4.69) is 21.1 Å². The summed E-state index contributed by atoms with van der Waals surface area (Å²) in [5, 5.41) is 18.9. The summed E-state index contributed by atoms with van der Waals surface area (Å²) < 4.78 is 10.2. The molecule has 0 atom stereocenters. The molecule has 2 N–H and O–H groups in total. The number of hydrogen-bond acceptors (Lipinski definition) is 9. The molecule has 0 saturated heterocycles. The zero-order chi connectivity index (χ0) is 25.8. The van der Waals surface area contributed by atoms with Crippen LogP contribution in [0.25, 0.3) is 6.08 Å². The standard InChI is InChI=1S/C24H24N6O6/c1-2-29(15-17-36-24(32)28-27-23(31)14-13-22-4-3-16-35-22)20-9-5-18(6-10-20)25-26-19-7-11-21(12-8-19)30(33)34/h3-14,16H,2,15,17H2,1H3,(H,27,31)(H,28,32)/b14-13+,26-25?. The number of carbonyl (C=O) groups is 2. The first-order valence-electron chi connectivity index (χ1n) is 10.9. The molecule has 0 saturated carbocycles. The number of furan rings is 1. The van der Waals surface area contributed by atoms with Crippen LogP contribution in [0.3, 0.4) is 0 Å². The van der Waals surface area contributed by atoms with E-state index in [1.165, 1.54) is 42.7 Å². The lowest BCUT2D eigenvalue weighted by molar-refractivity contribution is -0.384. The molecular formula is C24H24N6O6. The van der Waals surface area contributed by atoms with Crippen LogP contribution in [0.1, 0.15) is 12.7 Å². The van der Waals surface area contributed by atoms with Crippen LogP contribution in [0, 0.1) is 10.1 Å². The Morgan fingerprint density at radius 2 is 1.72 bits per heavy atom. The van der Waals surface area contributed by atoms with Gasteiger partial charge in [0, 0.05) is 30.4 Å². The molecule has 1 heterocycles. The van der Waals surface area contributed by atoms with Gasteiger partial charge in [-0.05, 0) is 61.5 Å². The second-order valence-electron chi connectivity index (χ2n) is 7.17. The van der Waals surface area contributed by atoms with Crippen molar-refractivity contribution in [3.8, 4) is 0 Å². The Hall–Kier alpha value is -5.00. The fourth-order valence-corrected chi connectivity index (χ4v) is 2.94. The first-order chi connectivity index (χ1) is 17.4. The highest BCUT2D eigenvalue weighted by molar-refractivity contribution is 5.92. The Kier molecular flexibility index (Phi) is 9.27. The maximum absolute atomic E-state index is 11.8. The van der Waals surface area contributed by atoms with Crippen LogP contribution < -0.4 is 15.8 Å². The maximum Gasteiger partial charge on any atom is 0.426 e. The number of nitrogens with zero attached hydrogens (tertiary/aromatic N) is 4. The number of azo groups is 1. The van der Waals surface area contributed by atoms with Gasteiger partial charge in [-0.25, -0.2) is 10.2 Å². The lowest BCUT2D eigenvalue weighted by Gasteiger charge is -2.22. The maximum atomic E-state index is 11.8. The van der Waals surface area contributed by atoms with Gasteiger partial charge in [-0.15, -0.1) is 0 Å². The molecule has 0 bridgehead atoms. The number of rotatable bonds is 10. The molecule has 0 radical (unpaired) electrons. The Morgan fingerprint density at radius 1 is 1.06 bits per heavy atom. The molecule has 2 aromatic carbocycles. The molecule has 0 aliphatic carbocycles. The second-order valence-corrected chi connectivity index (χ2v) is 7.17. The van der Waals surface area contributed by atoms with E-state index in [0.29, 0.717) is 30.2 Å². The minimum Gasteiger partial charge on any atom is -0.465 e. The molecule has 0 aliphatic rings. The molecule has 0 spiro atoms. The molecular weight excluding hydrogens is 468 g/mol. The minimum absolute atomic E-state index is 0.0116. The van der Waals surface area contributed by atoms with Crippen molar-refractivity contribution in [2.45, 2.75) is 6.92 Å². The lowest BCUT2D eigenvalue weighted by Crippen LogP contribution is -2.42. The molecule has 12 heteroatoms. The molecule has 36 heavy (non-hydrogen) atoms. The van der Waals surface area contributed by atoms with Gasteiger partial charge in [-0.3, -0.25) is 20.3 Å². The molecule has 3 rings (SSSR count). The predicted molar refractivity (Wildman–Crippen MR) is 132 cm³/mol. The second kappa shape index (κ2) is 13.0. The Balaban J connectivity index is 1.42. The van der Waals surface area contributed by atoms with Crippen molar-refractivity contribution in [2.24, 2.45) is 10.2 Å². The van der Waals surface area contributed by atoms with Crippen LogP contribution in [0.5, 0.6) is 0 Å². The smallest absolute Gasteiger partial charge is 0.426 e. The van der Waals surface area contributed by atoms with Crippen LogP contribution in [0.4, 0.5) is 27.5 Å². The summed E-state index contributed by atoms with van der Waals surface area (Å²) in [6.07, 6.45) is 3.38. The number of carbonyl (C=O) groups excluding carboxylic acids is 2. The third kappa shape index (κ3) is 8.09. The van der Waals surface area contributed by atoms with Crippen molar-refractivity contribution in [3.63, 3.8) is 0 Å². The average molecular weight is 492 g/mol. The fourth-order valence-electron chi connectivity index (χ4n) is 2.94. The molecule has 3 aromatic rings. The summed E-state index contributed by atoms with van der Waals surface area (Å²) in [6, 6.07) is 16.4. The van der Waals surface area contributed by atoms with Crippen molar-refractivity contribution >= 4 is 40.8 Å². The predicted octanol–water partition coefficient (Wildman–Crippen LogP) is 4.90. The first kappa shape index (κ1) is 25.6. The van der Waals surface area contributed by atoms with Crippen LogP contribution in [0.2, 0.25) is 0 Å². The van der Waals surface area contributed by atoms with Gasteiger partial charge >= 0.3 is 6.09 Å². The number of nitro groups is 1. The number of nitrogens with one attached hydrogen (secondary N) is 2. The summed E-state index contributed by atoms with van der Waals surface area (Å²) in [7, 11) is 0. The normalized spacial score (nSPS) is 10.9. The van der Waals surface area contributed by atoms with Gasteiger partial charge in [-0.2, -0.15) is 10.2 Å². The number of hydrogen-bond donors (Lipinski definition) is 2. The zero-order valence-electron chi connectivity index (χ0n) is 19.4. The van der Waals surface area contributed by atoms with E-state index in [9.17, 15) is 19.7 Å². The van der Waals surface area contributed by atoms with Gasteiger partial charge < -0.3 is 14.1 Å². The summed E-state index contributed by atoms with van der Waals surface area (Å²) in [6.45, 7) is 3.16. The van der Waals surface area contributed by atoms with Crippen LogP contribution >= 0.6 is 0 Å². The number of benzene rings is 2. The summed E-state index contributed by atoms with van der Waals surface area (Å²) in [5.74, 6) is -0.0303. The molecule has 0 fully saturated rings. The molecule has 0 unspecified atom stereocenters. The van der Waals surface area contributed by atoms with Gasteiger partial charge in [0.1, 0.15) is 12.4 Å². The fraction of sp³-hybridized carbons (Fsp3) is 0.167. The van der Waals surface area contributed by atoms with Gasteiger partial charge in [0.2, 0.25) is 0 Å². The SMILES string of the molecule is CCN(CCOC(=O)NNC(=O)/C=C/c1ccco1)c1ccc(N=Nc2ccc([N+](=O)[O-])cc2)cc1. The van der Waals surface area contributed by atoms with Crippen LogP contribution in [-0.2, 0) is 9.53 Å². The Bertz CT molecular complexity index is 1210. The number of anilines is 1.